The van der Waals surface area contributed by atoms with Crippen molar-refractivity contribution in [2.75, 3.05) is 13.7 Å². The van der Waals surface area contributed by atoms with Crippen LogP contribution in [0.5, 0.6) is 0 Å². The number of carbonyl (C=O) groups is 4. The van der Waals surface area contributed by atoms with Gasteiger partial charge >= 0.3 is 24.0 Å². The first kappa shape index (κ1) is 56.2. The van der Waals surface area contributed by atoms with Gasteiger partial charge in [0.05, 0.1) is 30.3 Å². The second kappa shape index (κ2) is 20.5. The Kier molecular flexibility index (Phi) is 15.8. The molecule has 1 amide bonds. The predicted octanol–water partition coefficient (Wildman–Crippen LogP) is 9.01. The average Bonchev–Trinajstić information content (AvgIpc) is 3.73. The fraction of sp³-hybridized carbons (Fsp3) is 0.655. The second-order valence-electron chi connectivity index (χ2n) is 23.2. The third kappa shape index (κ3) is 9.60. The molecule has 1 aromatic heterocycles. The minimum Gasteiger partial charge on any atom is -0.456 e. The van der Waals surface area contributed by atoms with Crippen molar-refractivity contribution >= 4 is 32.3 Å². The normalized spacial score (nSPS) is 32.4. The first-order valence-electron chi connectivity index (χ1n) is 25.5. The lowest BCUT2D eigenvalue weighted by Gasteiger charge is -2.69. The number of esters is 3. The molecule has 2 aliphatic heterocycles. The van der Waals surface area contributed by atoms with Crippen molar-refractivity contribution in [3.63, 3.8) is 0 Å². The van der Waals surface area contributed by atoms with Gasteiger partial charge in [-0.05, 0) is 85.8 Å². The topological polar surface area (TPSA) is 196 Å². The van der Waals surface area contributed by atoms with E-state index in [4.69, 9.17) is 42.3 Å². The molecule has 3 heterocycles. The largest absolute Gasteiger partial charge is 0.456 e. The summed E-state index contributed by atoms with van der Waals surface area (Å²) in [4.78, 5) is 62.3. The van der Waals surface area contributed by atoms with Gasteiger partial charge in [-0.2, -0.15) is 0 Å². The molecule has 18 heteroatoms. The Balaban J connectivity index is 1.48. The Morgan fingerprint density at radius 1 is 0.973 bits per heavy atom. The highest BCUT2D eigenvalue weighted by molar-refractivity contribution is 6.77. The number of aliphatic hydroxyl groups is 1. The lowest BCUT2D eigenvalue weighted by molar-refractivity contribution is -0.363. The molecule has 73 heavy (non-hydrogen) atoms. The lowest BCUT2D eigenvalue weighted by Crippen LogP contribution is -2.82. The zero-order valence-electron chi connectivity index (χ0n) is 45.1. The summed E-state index contributed by atoms with van der Waals surface area (Å²) in [5.74, 6) is -4.36. The number of hydrogen-bond acceptors (Lipinski definition) is 15. The summed E-state index contributed by atoms with van der Waals surface area (Å²) >= 11 is 0. The summed E-state index contributed by atoms with van der Waals surface area (Å²) in [5.41, 5.74) is -6.82. The minimum atomic E-state index is -3.15. The van der Waals surface area contributed by atoms with E-state index in [-0.39, 0.29) is 40.9 Å². The third-order valence-corrected chi connectivity index (χ3v) is 22.8. The number of carbonyl (C=O) groups excluding carboxylic acids is 4. The van der Waals surface area contributed by atoms with Gasteiger partial charge in [0, 0.05) is 43.9 Å². The Morgan fingerprint density at radius 3 is 2.15 bits per heavy atom. The molecule has 0 spiro atoms. The summed E-state index contributed by atoms with van der Waals surface area (Å²) in [6.45, 7) is 29.7. The molecule has 2 saturated heterocycles. The third-order valence-electron chi connectivity index (χ3n) is 16.7. The number of halogens is 1. The molecule has 4 fully saturated rings. The van der Waals surface area contributed by atoms with Crippen LogP contribution in [0.1, 0.15) is 132 Å². The van der Waals surface area contributed by atoms with Crippen LogP contribution in [0, 0.1) is 22.6 Å². The minimum absolute atomic E-state index is 0.107. The monoisotopic (exact) mass is 1040 g/mol. The smallest absolute Gasteiger partial charge is 0.408 e. The van der Waals surface area contributed by atoms with Crippen LogP contribution >= 0.6 is 0 Å². The van der Waals surface area contributed by atoms with E-state index < -0.39 is 133 Å². The molecule has 2 bridgehead atoms. The van der Waals surface area contributed by atoms with Gasteiger partial charge in [0.2, 0.25) is 8.32 Å². The number of rotatable bonds is 15. The van der Waals surface area contributed by atoms with Crippen molar-refractivity contribution in [3.05, 3.63) is 89.5 Å². The molecule has 2 aromatic rings. The zero-order chi connectivity index (χ0) is 54.0. The molecular weight excluding hydrogens is 960 g/mol. The number of alkyl carbamates (subject to hydrolysis) is 1. The van der Waals surface area contributed by atoms with Crippen LogP contribution in [0.25, 0.3) is 0 Å². The average molecular weight is 1040 g/mol. The maximum atomic E-state index is 16.3. The maximum absolute atomic E-state index is 16.3. The van der Waals surface area contributed by atoms with Gasteiger partial charge in [0.1, 0.15) is 53.2 Å². The number of amides is 1. The summed E-state index contributed by atoms with van der Waals surface area (Å²) in [7, 11) is -1.60. The maximum Gasteiger partial charge on any atom is 0.408 e. The summed E-state index contributed by atoms with van der Waals surface area (Å²) in [6, 6.07) is 9.30. The lowest BCUT2D eigenvalue weighted by atomic mass is 9.44. The number of hydrogen-bond donors (Lipinski definition) is 2. The standard InChI is InChI=1S/C55H77FN2O14Si/c1-17-39-67-43-40-32(8)36(66-49(61)44(72-73(29(2)3,30(4)5)31(6)7)42(41-35(56)24-21-25-57-41)58-50(62)71-51(10,11)12)27-55(63,52(40,13)14)47(69-48(60)34-22-19-18-20-23-34)45-53(15,46(43)68-39)37(64-16)26-38-54(45,28-65-38)70-33(9)59/h17-25,29-31,36-39,42-47,63H,1,26-28H2,2-16H3,(H,58,62)/t36-,37-,38+,39+,42-,43+,44+,45-,46+,47-,53+,54-,55+/m0/s1. The number of nitrogens with one attached hydrogen (secondary N) is 1. The Morgan fingerprint density at radius 2 is 1.62 bits per heavy atom. The van der Waals surface area contributed by atoms with Gasteiger partial charge in [-0.3, -0.25) is 9.78 Å². The van der Waals surface area contributed by atoms with E-state index >= 15 is 9.18 Å². The van der Waals surface area contributed by atoms with Crippen molar-refractivity contribution in [3.8, 4) is 0 Å². The molecule has 7 rings (SSSR count). The molecule has 2 N–H and O–H groups in total. The highest BCUT2D eigenvalue weighted by Gasteiger charge is 2.79. The Bertz CT molecular complexity index is 2420. The Hall–Kier alpha value is -4.56. The number of ether oxygens (including phenoxy) is 8. The van der Waals surface area contributed by atoms with Crippen LogP contribution in [0.15, 0.2) is 72.5 Å². The van der Waals surface area contributed by atoms with E-state index in [1.807, 2.05) is 62.3 Å². The van der Waals surface area contributed by atoms with E-state index in [1.54, 1.807) is 65.1 Å². The number of fused-ring (bicyclic) bond motifs is 8. The van der Waals surface area contributed by atoms with Crippen molar-refractivity contribution in [1.29, 1.82) is 0 Å². The number of benzene rings is 1. The molecule has 5 aliphatic rings. The van der Waals surface area contributed by atoms with Gasteiger partial charge in [0.15, 0.2) is 18.0 Å². The van der Waals surface area contributed by atoms with Crippen molar-refractivity contribution in [1.82, 2.24) is 10.3 Å². The predicted molar refractivity (Wildman–Crippen MR) is 269 cm³/mol. The summed E-state index contributed by atoms with van der Waals surface area (Å²) in [6.07, 6.45) is -7.30. The quantitative estimate of drug-likeness (QED) is 0.0741. The molecule has 402 valence electrons. The number of methoxy groups -OCH3 is 1. The molecule has 0 unspecified atom stereocenters. The van der Waals surface area contributed by atoms with Gasteiger partial charge in [0.25, 0.3) is 0 Å². The van der Waals surface area contributed by atoms with Crippen LogP contribution in [0.4, 0.5) is 9.18 Å². The zero-order valence-corrected chi connectivity index (χ0v) is 46.1. The highest BCUT2D eigenvalue weighted by Crippen LogP contribution is 2.67. The van der Waals surface area contributed by atoms with Crippen LogP contribution in [0.3, 0.4) is 0 Å². The first-order valence-corrected chi connectivity index (χ1v) is 27.6. The molecule has 2 saturated carbocycles. The van der Waals surface area contributed by atoms with Crippen LogP contribution < -0.4 is 5.32 Å². The van der Waals surface area contributed by atoms with E-state index in [2.05, 4.69) is 16.9 Å². The SMILES string of the molecule is C=C[C@@H]1O[C@@H]2C3=C(C)[C@@H](OC(=O)[C@H](O[Si](C(C)C)(C(C)C)C(C)C)[C@@H](NC(=O)OC(C)(C)C)c4ncccc4F)C[C@@](O)([C@@H](OC(=O)c4ccccc4)[C@@H]4[C@]5(OC(C)=O)CO[C@@H]5C[C@H](OC)[C@@]4(C)[C@@H]2O1)C3(C)C. The van der Waals surface area contributed by atoms with Crippen molar-refractivity contribution < 1.29 is 71.0 Å². The fourth-order valence-corrected chi connectivity index (χ4v) is 19.0. The van der Waals surface area contributed by atoms with E-state index in [9.17, 15) is 19.5 Å². The second-order valence-corrected chi connectivity index (χ2v) is 28.6. The fourth-order valence-electron chi connectivity index (χ4n) is 13.5. The summed E-state index contributed by atoms with van der Waals surface area (Å²) in [5, 5.41) is 17.1. The highest BCUT2D eigenvalue weighted by atomic mass is 28.4. The van der Waals surface area contributed by atoms with Gasteiger partial charge in [-0.25, -0.2) is 18.8 Å². The number of pyridine rings is 1. The van der Waals surface area contributed by atoms with E-state index in [1.165, 1.54) is 31.3 Å². The molecule has 3 aliphatic carbocycles. The molecule has 1 aromatic carbocycles. The van der Waals surface area contributed by atoms with E-state index in [0.717, 1.165) is 0 Å². The van der Waals surface area contributed by atoms with Crippen LogP contribution in [-0.2, 0) is 51.9 Å². The van der Waals surface area contributed by atoms with Crippen molar-refractivity contribution in [2.24, 2.45) is 16.7 Å². The molecule has 0 radical (unpaired) electrons. The van der Waals surface area contributed by atoms with Crippen LogP contribution in [0.2, 0.25) is 16.6 Å². The Labute approximate surface area is 430 Å². The molecular formula is C55H77FN2O14Si. The van der Waals surface area contributed by atoms with Crippen LogP contribution in [-0.4, -0.2) is 122 Å². The van der Waals surface area contributed by atoms with Gasteiger partial charge < -0.3 is 52.7 Å². The first-order chi connectivity index (χ1) is 34.0. The van der Waals surface area contributed by atoms with Gasteiger partial charge in [-0.1, -0.05) is 87.1 Å². The molecule has 16 nitrogen and oxygen atoms in total. The van der Waals surface area contributed by atoms with E-state index in [0.29, 0.717) is 11.1 Å². The number of nitrogens with zero attached hydrogens (tertiary/aromatic N) is 1. The summed E-state index contributed by atoms with van der Waals surface area (Å²) < 4.78 is 75.6. The molecule has 13 atom stereocenters. The van der Waals surface area contributed by atoms with Crippen molar-refractivity contribution in [2.45, 2.75) is 198 Å². The van der Waals surface area contributed by atoms with Gasteiger partial charge in [-0.15, -0.1) is 0 Å². The number of aromatic nitrogens is 1.